The number of nitrogens with zero attached hydrogens (tertiary/aromatic N) is 2. The first-order chi connectivity index (χ1) is 7.84. The average molecular weight is 219 g/mol. The third-order valence-electron chi connectivity index (χ3n) is 2.92. The summed E-state index contributed by atoms with van der Waals surface area (Å²) < 4.78 is 10.6. The predicted octanol–water partition coefficient (Wildman–Crippen LogP) is 1.71. The third-order valence-corrected chi connectivity index (χ3v) is 2.92. The van der Waals surface area contributed by atoms with E-state index in [9.17, 15) is 0 Å². The molecular weight excluding hydrogens is 206 g/mol. The Labute approximate surface area is 92.8 Å². The Morgan fingerprint density at radius 3 is 3.12 bits per heavy atom. The number of hydrogen-bond donors (Lipinski definition) is 1. The van der Waals surface area contributed by atoms with E-state index in [-0.39, 0.29) is 0 Å². The first-order valence-corrected chi connectivity index (χ1v) is 5.43. The van der Waals surface area contributed by atoms with Crippen LogP contribution in [0.3, 0.4) is 0 Å². The third kappa shape index (κ3) is 1.53. The van der Waals surface area contributed by atoms with Crippen molar-refractivity contribution in [3.63, 3.8) is 0 Å². The average Bonchev–Trinajstić information content (AvgIpc) is 2.96. The molecule has 2 aromatic rings. The molecule has 0 spiro atoms. The second-order valence-electron chi connectivity index (χ2n) is 4.08. The summed E-state index contributed by atoms with van der Waals surface area (Å²) in [7, 11) is 0. The maximum Gasteiger partial charge on any atom is 0.238 e. The Kier molecular flexibility index (Phi) is 2.25. The van der Waals surface area contributed by atoms with Crippen molar-refractivity contribution < 1.29 is 8.94 Å². The van der Waals surface area contributed by atoms with Crippen LogP contribution in [-0.2, 0) is 0 Å². The SMILES string of the molecule is Cc1ccoc1-c1noc(C2CCNC2)n1. The van der Waals surface area contributed by atoms with E-state index in [0.717, 1.165) is 25.1 Å². The Bertz CT molecular complexity index is 483. The van der Waals surface area contributed by atoms with Gasteiger partial charge in [-0.25, -0.2) is 0 Å². The Morgan fingerprint density at radius 2 is 2.44 bits per heavy atom. The summed E-state index contributed by atoms with van der Waals surface area (Å²) >= 11 is 0. The quantitative estimate of drug-likeness (QED) is 0.833. The standard InChI is InChI=1S/C11H13N3O2/c1-7-3-5-15-9(7)10-13-11(16-14-10)8-2-4-12-6-8/h3,5,8,12H,2,4,6H2,1H3. The second kappa shape index (κ2) is 3.75. The summed E-state index contributed by atoms with van der Waals surface area (Å²) in [5.41, 5.74) is 1.02. The van der Waals surface area contributed by atoms with Gasteiger partial charge >= 0.3 is 0 Å². The molecular formula is C11H13N3O2. The topological polar surface area (TPSA) is 64.1 Å². The van der Waals surface area contributed by atoms with Crippen LogP contribution in [0.2, 0.25) is 0 Å². The van der Waals surface area contributed by atoms with Gasteiger partial charge in [-0.05, 0) is 31.5 Å². The van der Waals surface area contributed by atoms with Crippen LogP contribution in [-0.4, -0.2) is 23.2 Å². The molecule has 2 aromatic heterocycles. The van der Waals surface area contributed by atoms with Gasteiger partial charge in [0, 0.05) is 6.54 Å². The van der Waals surface area contributed by atoms with Gasteiger partial charge in [0.05, 0.1) is 12.2 Å². The van der Waals surface area contributed by atoms with Crippen molar-refractivity contribution in [1.82, 2.24) is 15.5 Å². The van der Waals surface area contributed by atoms with Crippen molar-refractivity contribution in [2.75, 3.05) is 13.1 Å². The van der Waals surface area contributed by atoms with Crippen LogP contribution in [0.5, 0.6) is 0 Å². The van der Waals surface area contributed by atoms with Gasteiger partial charge in [0.2, 0.25) is 11.7 Å². The molecule has 1 saturated heterocycles. The molecule has 16 heavy (non-hydrogen) atoms. The summed E-state index contributed by atoms with van der Waals surface area (Å²) in [6.45, 7) is 3.90. The maximum absolute atomic E-state index is 5.33. The summed E-state index contributed by atoms with van der Waals surface area (Å²) in [6, 6.07) is 1.89. The lowest BCUT2D eigenvalue weighted by Gasteiger charge is -1.98. The lowest BCUT2D eigenvalue weighted by Crippen LogP contribution is -2.08. The summed E-state index contributed by atoms with van der Waals surface area (Å²) in [5, 5.41) is 7.23. The largest absolute Gasteiger partial charge is 0.461 e. The Balaban J connectivity index is 1.90. The normalized spacial score (nSPS) is 20.4. The second-order valence-corrected chi connectivity index (χ2v) is 4.08. The molecule has 1 aliphatic heterocycles. The lowest BCUT2D eigenvalue weighted by atomic mass is 10.1. The minimum atomic E-state index is 0.344. The number of rotatable bonds is 2. The molecule has 0 radical (unpaired) electrons. The monoisotopic (exact) mass is 219 g/mol. The first-order valence-electron chi connectivity index (χ1n) is 5.43. The molecule has 0 amide bonds. The van der Waals surface area contributed by atoms with Crippen LogP contribution in [0.25, 0.3) is 11.6 Å². The summed E-state index contributed by atoms with van der Waals surface area (Å²) in [6.07, 6.45) is 2.69. The van der Waals surface area contributed by atoms with Crippen molar-refractivity contribution in [3.8, 4) is 11.6 Å². The van der Waals surface area contributed by atoms with Crippen molar-refractivity contribution in [2.24, 2.45) is 0 Å². The Morgan fingerprint density at radius 1 is 1.50 bits per heavy atom. The molecule has 5 nitrogen and oxygen atoms in total. The molecule has 0 bridgehead atoms. The highest BCUT2D eigenvalue weighted by Gasteiger charge is 2.24. The molecule has 0 aromatic carbocycles. The zero-order chi connectivity index (χ0) is 11.0. The van der Waals surface area contributed by atoms with E-state index in [0.29, 0.717) is 23.4 Å². The van der Waals surface area contributed by atoms with E-state index in [4.69, 9.17) is 8.94 Å². The van der Waals surface area contributed by atoms with E-state index in [2.05, 4.69) is 15.5 Å². The number of aryl methyl sites for hydroxylation is 1. The van der Waals surface area contributed by atoms with Crippen LogP contribution in [0.1, 0.15) is 23.8 Å². The van der Waals surface area contributed by atoms with E-state index < -0.39 is 0 Å². The fourth-order valence-electron chi connectivity index (χ4n) is 1.96. The van der Waals surface area contributed by atoms with Crippen LogP contribution in [0.4, 0.5) is 0 Å². The molecule has 1 N–H and O–H groups in total. The van der Waals surface area contributed by atoms with E-state index in [1.165, 1.54) is 0 Å². The van der Waals surface area contributed by atoms with Crippen LogP contribution >= 0.6 is 0 Å². The highest BCUT2D eigenvalue weighted by molar-refractivity contribution is 5.51. The van der Waals surface area contributed by atoms with Crippen LogP contribution in [0.15, 0.2) is 21.3 Å². The molecule has 1 fully saturated rings. The van der Waals surface area contributed by atoms with Gasteiger partial charge in [-0.3, -0.25) is 0 Å². The van der Waals surface area contributed by atoms with Crippen LogP contribution in [0, 0.1) is 6.92 Å². The van der Waals surface area contributed by atoms with Crippen molar-refractivity contribution in [2.45, 2.75) is 19.3 Å². The molecule has 1 aliphatic rings. The van der Waals surface area contributed by atoms with Gasteiger partial charge < -0.3 is 14.3 Å². The Hall–Kier alpha value is -1.62. The van der Waals surface area contributed by atoms with Crippen LogP contribution < -0.4 is 5.32 Å². The fraction of sp³-hybridized carbons (Fsp3) is 0.455. The lowest BCUT2D eigenvalue weighted by molar-refractivity contribution is 0.358. The number of aromatic nitrogens is 2. The van der Waals surface area contributed by atoms with Crippen molar-refractivity contribution in [3.05, 3.63) is 23.8 Å². The minimum Gasteiger partial charge on any atom is -0.461 e. The molecule has 1 atom stereocenters. The summed E-state index contributed by atoms with van der Waals surface area (Å²) in [4.78, 5) is 4.38. The van der Waals surface area contributed by atoms with Crippen molar-refractivity contribution in [1.29, 1.82) is 0 Å². The summed E-state index contributed by atoms with van der Waals surface area (Å²) in [5.74, 6) is 2.29. The molecule has 0 aliphatic carbocycles. The maximum atomic E-state index is 5.33. The molecule has 1 unspecified atom stereocenters. The molecule has 5 heteroatoms. The predicted molar refractivity (Wildman–Crippen MR) is 57.0 cm³/mol. The van der Waals surface area contributed by atoms with Gasteiger partial charge in [-0.1, -0.05) is 5.16 Å². The zero-order valence-electron chi connectivity index (χ0n) is 9.06. The zero-order valence-corrected chi connectivity index (χ0v) is 9.06. The van der Waals surface area contributed by atoms with Gasteiger partial charge in [0.1, 0.15) is 0 Å². The number of furan rings is 1. The van der Waals surface area contributed by atoms with E-state index in [1.807, 2.05) is 13.0 Å². The number of hydrogen-bond acceptors (Lipinski definition) is 5. The molecule has 84 valence electrons. The van der Waals surface area contributed by atoms with Gasteiger partial charge in [0.25, 0.3) is 0 Å². The van der Waals surface area contributed by atoms with Gasteiger partial charge in [-0.2, -0.15) is 4.98 Å². The fourth-order valence-corrected chi connectivity index (χ4v) is 1.96. The van der Waals surface area contributed by atoms with Gasteiger partial charge in [0.15, 0.2) is 5.76 Å². The van der Waals surface area contributed by atoms with E-state index >= 15 is 0 Å². The smallest absolute Gasteiger partial charge is 0.238 e. The van der Waals surface area contributed by atoms with Crippen molar-refractivity contribution >= 4 is 0 Å². The molecule has 0 saturated carbocycles. The highest BCUT2D eigenvalue weighted by Crippen LogP contribution is 2.25. The minimum absolute atomic E-state index is 0.344. The van der Waals surface area contributed by atoms with E-state index in [1.54, 1.807) is 6.26 Å². The first kappa shape index (κ1) is 9.59. The van der Waals surface area contributed by atoms with Gasteiger partial charge in [-0.15, -0.1) is 0 Å². The molecule has 3 rings (SSSR count). The number of nitrogens with one attached hydrogen (secondary N) is 1. The highest BCUT2D eigenvalue weighted by atomic mass is 16.5. The molecule has 3 heterocycles.